The second-order valence-corrected chi connectivity index (χ2v) is 6.48. The summed E-state index contributed by atoms with van der Waals surface area (Å²) in [7, 11) is 0. The maximum atomic E-state index is 10.1. The van der Waals surface area contributed by atoms with E-state index >= 15 is 0 Å². The van der Waals surface area contributed by atoms with Crippen molar-refractivity contribution in [2.75, 3.05) is 0 Å². The van der Waals surface area contributed by atoms with Crippen molar-refractivity contribution in [3.8, 4) is 0 Å². The number of hydrogen-bond acceptors (Lipinski definition) is 1. The minimum atomic E-state index is 0.0300. The van der Waals surface area contributed by atoms with Crippen LogP contribution in [0.3, 0.4) is 0 Å². The van der Waals surface area contributed by atoms with Gasteiger partial charge in [0.25, 0.3) is 0 Å². The first-order valence-electron chi connectivity index (χ1n) is 6.16. The van der Waals surface area contributed by atoms with Crippen LogP contribution < -0.4 is 0 Å². The van der Waals surface area contributed by atoms with Gasteiger partial charge < -0.3 is 5.11 Å². The lowest BCUT2D eigenvalue weighted by Crippen LogP contribution is -2.43. The van der Waals surface area contributed by atoms with Crippen molar-refractivity contribution >= 4 is 0 Å². The average Bonchev–Trinajstić information content (AvgIpc) is 2.00. The topological polar surface area (TPSA) is 20.2 Å². The number of aliphatic hydroxyl groups excluding tert-OH is 1. The molecule has 1 nitrogen and oxygen atoms in total. The van der Waals surface area contributed by atoms with Gasteiger partial charge in [0, 0.05) is 0 Å². The van der Waals surface area contributed by atoms with E-state index in [4.69, 9.17) is 0 Å². The minimum absolute atomic E-state index is 0.0300. The van der Waals surface area contributed by atoms with Gasteiger partial charge in [-0.3, -0.25) is 0 Å². The zero-order chi connectivity index (χ0) is 10.3. The molecule has 2 aliphatic carbocycles. The molecule has 2 bridgehead atoms. The molecule has 0 heterocycles. The average molecular weight is 196 g/mol. The van der Waals surface area contributed by atoms with Crippen molar-refractivity contribution < 1.29 is 5.11 Å². The molecule has 2 atom stereocenters. The monoisotopic (exact) mass is 196 g/mol. The molecule has 0 aromatic carbocycles. The first-order valence-corrected chi connectivity index (χ1v) is 6.16. The van der Waals surface area contributed by atoms with Crippen LogP contribution in [0.15, 0.2) is 0 Å². The van der Waals surface area contributed by atoms with Crippen LogP contribution in [0.25, 0.3) is 0 Å². The van der Waals surface area contributed by atoms with E-state index in [9.17, 15) is 5.11 Å². The molecular formula is C13H24O. The van der Waals surface area contributed by atoms with Crippen molar-refractivity contribution in [3.05, 3.63) is 0 Å². The van der Waals surface area contributed by atoms with Crippen LogP contribution in [0.4, 0.5) is 0 Å². The van der Waals surface area contributed by atoms with Crippen molar-refractivity contribution in [2.45, 2.75) is 59.0 Å². The molecule has 0 radical (unpaired) electrons. The number of aliphatic hydroxyl groups is 1. The van der Waals surface area contributed by atoms with Crippen molar-refractivity contribution in [1.82, 2.24) is 0 Å². The van der Waals surface area contributed by atoms with E-state index < -0.39 is 0 Å². The largest absolute Gasteiger partial charge is 0.393 e. The molecule has 82 valence electrons. The molecule has 2 aliphatic rings. The first-order chi connectivity index (χ1) is 6.48. The third-order valence-corrected chi connectivity index (χ3v) is 4.52. The highest BCUT2D eigenvalue weighted by atomic mass is 16.3. The van der Waals surface area contributed by atoms with Crippen molar-refractivity contribution in [1.29, 1.82) is 0 Å². The fourth-order valence-electron chi connectivity index (χ4n) is 3.42. The van der Waals surface area contributed by atoms with Gasteiger partial charge >= 0.3 is 0 Å². The van der Waals surface area contributed by atoms with Gasteiger partial charge in [-0.1, -0.05) is 27.2 Å². The Balaban J connectivity index is 2.08. The molecular weight excluding hydrogens is 172 g/mol. The van der Waals surface area contributed by atoms with E-state index in [0.29, 0.717) is 17.3 Å². The molecule has 0 saturated heterocycles. The highest BCUT2D eigenvalue weighted by Crippen LogP contribution is 2.48. The zero-order valence-electron chi connectivity index (χ0n) is 9.79. The number of rotatable bonds is 0. The molecule has 0 aliphatic heterocycles. The second kappa shape index (κ2) is 3.52. The summed E-state index contributed by atoms with van der Waals surface area (Å²) in [5, 5.41) is 10.1. The van der Waals surface area contributed by atoms with Crippen LogP contribution in [0, 0.1) is 23.2 Å². The quantitative estimate of drug-likeness (QED) is 0.630. The Labute approximate surface area is 87.9 Å². The van der Waals surface area contributed by atoms with E-state index in [1.165, 1.54) is 32.1 Å². The summed E-state index contributed by atoms with van der Waals surface area (Å²) in [4.78, 5) is 0. The SMILES string of the molecule is CC(C)(C)C1CC2CCCC(C1)C2O. The standard InChI is InChI=1S/C13H24O/c1-13(2,3)11-7-9-5-4-6-10(8-11)12(9)14/h9-12,14H,4-8H2,1-3H3. The summed E-state index contributed by atoms with van der Waals surface area (Å²) in [5.74, 6) is 2.07. The van der Waals surface area contributed by atoms with Gasteiger partial charge in [0.2, 0.25) is 0 Å². The molecule has 2 unspecified atom stereocenters. The summed E-state index contributed by atoms with van der Waals surface area (Å²) < 4.78 is 0. The normalized spacial score (nSPS) is 43.7. The van der Waals surface area contributed by atoms with E-state index in [2.05, 4.69) is 20.8 Å². The molecule has 0 aromatic heterocycles. The van der Waals surface area contributed by atoms with Gasteiger partial charge in [-0.2, -0.15) is 0 Å². The molecule has 2 saturated carbocycles. The van der Waals surface area contributed by atoms with E-state index in [1.54, 1.807) is 0 Å². The highest BCUT2D eigenvalue weighted by Gasteiger charge is 2.42. The van der Waals surface area contributed by atoms with Gasteiger partial charge in [0.15, 0.2) is 0 Å². The Hall–Kier alpha value is -0.0400. The summed E-state index contributed by atoms with van der Waals surface area (Å²) in [6.07, 6.45) is 6.45. The first kappa shape index (κ1) is 10.5. The summed E-state index contributed by atoms with van der Waals surface area (Å²) >= 11 is 0. The lowest BCUT2D eigenvalue weighted by atomic mass is 9.60. The van der Waals surface area contributed by atoms with Crippen LogP contribution in [-0.2, 0) is 0 Å². The summed E-state index contributed by atoms with van der Waals surface area (Å²) in [5.41, 5.74) is 0.438. The smallest absolute Gasteiger partial charge is 0.0596 e. The second-order valence-electron chi connectivity index (χ2n) is 6.48. The molecule has 0 aromatic rings. The predicted molar refractivity (Wildman–Crippen MR) is 59.0 cm³/mol. The molecule has 2 rings (SSSR count). The van der Waals surface area contributed by atoms with Gasteiger partial charge in [-0.05, 0) is 48.9 Å². The Morgan fingerprint density at radius 3 is 1.93 bits per heavy atom. The van der Waals surface area contributed by atoms with Crippen molar-refractivity contribution in [2.24, 2.45) is 23.2 Å². The summed E-state index contributed by atoms with van der Waals surface area (Å²) in [6, 6.07) is 0. The van der Waals surface area contributed by atoms with Gasteiger partial charge in [0.05, 0.1) is 6.10 Å². The molecule has 2 fully saturated rings. The Bertz CT molecular complexity index is 190. The van der Waals surface area contributed by atoms with Gasteiger partial charge in [-0.15, -0.1) is 0 Å². The van der Waals surface area contributed by atoms with E-state index in [-0.39, 0.29) is 6.10 Å². The Kier molecular flexibility index (Phi) is 2.63. The third kappa shape index (κ3) is 1.84. The van der Waals surface area contributed by atoms with Gasteiger partial charge in [0.1, 0.15) is 0 Å². The van der Waals surface area contributed by atoms with Crippen LogP contribution >= 0.6 is 0 Å². The lowest BCUT2D eigenvalue weighted by Gasteiger charge is -2.47. The number of fused-ring (bicyclic) bond motifs is 2. The van der Waals surface area contributed by atoms with Crippen LogP contribution in [-0.4, -0.2) is 11.2 Å². The zero-order valence-corrected chi connectivity index (χ0v) is 9.79. The summed E-state index contributed by atoms with van der Waals surface area (Å²) in [6.45, 7) is 7.06. The maximum Gasteiger partial charge on any atom is 0.0596 e. The fourth-order valence-corrected chi connectivity index (χ4v) is 3.42. The molecule has 0 amide bonds. The highest BCUT2D eigenvalue weighted by molar-refractivity contribution is 4.92. The van der Waals surface area contributed by atoms with E-state index in [1.807, 2.05) is 0 Å². The maximum absolute atomic E-state index is 10.1. The fraction of sp³-hybridized carbons (Fsp3) is 1.00. The predicted octanol–water partition coefficient (Wildman–Crippen LogP) is 3.22. The molecule has 1 heteroatoms. The van der Waals surface area contributed by atoms with Crippen LogP contribution in [0.5, 0.6) is 0 Å². The lowest BCUT2D eigenvalue weighted by molar-refractivity contribution is -0.0543. The Morgan fingerprint density at radius 2 is 1.50 bits per heavy atom. The molecule has 14 heavy (non-hydrogen) atoms. The Morgan fingerprint density at radius 1 is 1.00 bits per heavy atom. The minimum Gasteiger partial charge on any atom is -0.393 e. The molecule has 1 N–H and O–H groups in total. The van der Waals surface area contributed by atoms with E-state index in [0.717, 1.165) is 5.92 Å². The molecule has 0 spiro atoms. The van der Waals surface area contributed by atoms with Crippen LogP contribution in [0.1, 0.15) is 52.9 Å². The van der Waals surface area contributed by atoms with Crippen molar-refractivity contribution in [3.63, 3.8) is 0 Å². The van der Waals surface area contributed by atoms with Crippen LogP contribution in [0.2, 0.25) is 0 Å². The third-order valence-electron chi connectivity index (χ3n) is 4.52. The number of hydrogen-bond donors (Lipinski definition) is 1. The van der Waals surface area contributed by atoms with Gasteiger partial charge in [-0.25, -0.2) is 0 Å².